The van der Waals surface area contributed by atoms with Gasteiger partial charge in [0.2, 0.25) is 5.95 Å². The molecule has 2 heterocycles. The number of aromatic nitrogens is 4. The first-order valence-corrected chi connectivity index (χ1v) is 12.5. The zero-order valence-electron chi connectivity index (χ0n) is 21.7. The molecular weight excluding hydrogens is 488 g/mol. The van der Waals surface area contributed by atoms with Crippen LogP contribution in [0.4, 0.5) is 5.95 Å². The monoisotopic (exact) mass is 520 g/mol. The first-order chi connectivity index (χ1) is 18.4. The van der Waals surface area contributed by atoms with Crippen LogP contribution in [-0.2, 0) is 20.0 Å². The summed E-state index contributed by atoms with van der Waals surface area (Å²) in [5.74, 6) is 1.60. The summed E-state index contributed by atoms with van der Waals surface area (Å²) in [6.07, 6.45) is 2.46. The highest BCUT2D eigenvalue weighted by Crippen LogP contribution is 2.18. The highest BCUT2D eigenvalue weighted by molar-refractivity contribution is 5.80. The van der Waals surface area contributed by atoms with E-state index in [2.05, 4.69) is 27.4 Å². The number of ether oxygens (including phenoxy) is 2. The van der Waals surface area contributed by atoms with Gasteiger partial charge < -0.3 is 19.1 Å². The molecule has 0 aliphatic carbocycles. The van der Waals surface area contributed by atoms with Crippen molar-refractivity contribution in [2.75, 3.05) is 18.6 Å². The maximum Gasteiger partial charge on any atom is 0.329 e. The van der Waals surface area contributed by atoms with E-state index < -0.39 is 17.4 Å². The molecule has 2 aromatic carbocycles. The minimum Gasteiger partial charge on any atom is -0.494 e. The van der Waals surface area contributed by atoms with E-state index in [1.54, 1.807) is 6.21 Å². The van der Waals surface area contributed by atoms with Gasteiger partial charge in [-0.1, -0.05) is 26.0 Å². The quantitative estimate of drug-likeness (QED) is 0.193. The number of anilines is 1. The number of imidazole rings is 1. The van der Waals surface area contributed by atoms with E-state index in [9.17, 15) is 14.7 Å². The lowest BCUT2D eigenvalue weighted by molar-refractivity contribution is 0.0938. The van der Waals surface area contributed by atoms with Crippen LogP contribution < -0.4 is 26.1 Å². The third kappa shape index (κ3) is 6.30. The molecule has 1 unspecified atom stereocenters. The summed E-state index contributed by atoms with van der Waals surface area (Å²) in [5.41, 5.74) is 3.93. The lowest BCUT2D eigenvalue weighted by Crippen LogP contribution is -2.30. The molecule has 0 saturated carbocycles. The maximum absolute atomic E-state index is 12.7. The smallest absolute Gasteiger partial charge is 0.329 e. The van der Waals surface area contributed by atoms with Gasteiger partial charge >= 0.3 is 5.69 Å². The van der Waals surface area contributed by atoms with Crippen LogP contribution in [0.15, 0.2) is 63.2 Å². The van der Waals surface area contributed by atoms with Crippen molar-refractivity contribution in [1.82, 2.24) is 19.1 Å². The van der Waals surface area contributed by atoms with Crippen LogP contribution in [0.3, 0.4) is 0 Å². The van der Waals surface area contributed by atoms with Crippen LogP contribution in [0.1, 0.15) is 31.4 Å². The lowest BCUT2D eigenvalue weighted by atomic mass is 10.2. The number of nitrogens with one attached hydrogen (secondary N) is 2. The minimum atomic E-state index is -0.977. The molecule has 0 spiro atoms. The van der Waals surface area contributed by atoms with Gasteiger partial charge in [-0.3, -0.25) is 14.3 Å². The summed E-state index contributed by atoms with van der Waals surface area (Å²) in [7, 11) is 1.51. The van der Waals surface area contributed by atoms with Gasteiger partial charge in [0.1, 0.15) is 24.2 Å². The van der Waals surface area contributed by atoms with Crippen LogP contribution in [0, 0.1) is 0 Å². The van der Waals surface area contributed by atoms with E-state index in [-0.39, 0.29) is 30.3 Å². The molecule has 0 amide bonds. The Balaban J connectivity index is 1.54. The number of hydrogen-bond donors (Lipinski definition) is 3. The number of fused-ring (bicyclic) bond motifs is 1. The van der Waals surface area contributed by atoms with E-state index in [1.165, 1.54) is 21.7 Å². The standard InChI is InChI=1S/C27H32N6O5/c1-4-14-37-21-12-8-19(9-13-21)15-28-31-26-29-24-23(25(35)30-27(36)32(24)3)33(26)16-20(34)17-38-22-10-6-18(5-2)7-11-22/h6-13,15,20,34H,4-5,14,16-17H2,1-3H3,(H,29,31)(H,30,35,36)/b28-15-. The van der Waals surface area contributed by atoms with Gasteiger partial charge in [-0.25, -0.2) is 10.2 Å². The highest BCUT2D eigenvalue weighted by Gasteiger charge is 2.20. The zero-order valence-corrected chi connectivity index (χ0v) is 21.7. The fraction of sp³-hybridized carbons (Fsp3) is 0.333. The Kier molecular flexibility index (Phi) is 8.59. The van der Waals surface area contributed by atoms with Crippen molar-refractivity contribution in [3.63, 3.8) is 0 Å². The van der Waals surface area contributed by atoms with E-state index in [0.717, 1.165) is 24.2 Å². The largest absolute Gasteiger partial charge is 0.494 e. The average Bonchev–Trinajstić information content (AvgIpc) is 3.29. The summed E-state index contributed by atoms with van der Waals surface area (Å²) in [6.45, 7) is 4.73. The third-order valence-corrected chi connectivity index (χ3v) is 5.91. The Hall–Kier alpha value is -4.38. The molecule has 2 aromatic heterocycles. The number of hydrazone groups is 1. The molecule has 200 valence electrons. The molecular formula is C27H32N6O5. The Labute approximate surface area is 219 Å². The van der Waals surface area contributed by atoms with Crippen molar-refractivity contribution in [2.24, 2.45) is 12.1 Å². The van der Waals surface area contributed by atoms with Crippen molar-refractivity contribution in [2.45, 2.75) is 39.3 Å². The number of aryl methyl sites for hydroxylation is 2. The summed E-state index contributed by atoms with van der Waals surface area (Å²) >= 11 is 0. The Bertz CT molecular complexity index is 1500. The van der Waals surface area contributed by atoms with Crippen LogP contribution in [0.25, 0.3) is 11.2 Å². The SMILES string of the molecule is CCCOc1ccc(/C=N\Nc2nc3c(c(=O)[nH]c(=O)n3C)n2CC(O)COc2ccc(CC)cc2)cc1. The first-order valence-electron chi connectivity index (χ1n) is 12.5. The molecule has 0 bridgehead atoms. The molecule has 1 atom stereocenters. The van der Waals surface area contributed by atoms with Gasteiger partial charge in [-0.15, -0.1) is 0 Å². The first kappa shape index (κ1) is 26.7. The summed E-state index contributed by atoms with van der Waals surface area (Å²) < 4.78 is 14.0. The van der Waals surface area contributed by atoms with Crippen molar-refractivity contribution in [1.29, 1.82) is 0 Å². The molecule has 0 saturated heterocycles. The number of nitrogens with zero attached hydrogens (tertiary/aromatic N) is 4. The third-order valence-electron chi connectivity index (χ3n) is 5.91. The highest BCUT2D eigenvalue weighted by atomic mass is 16.5. The van der Waals surface area contributed by atoms with Crippen molar-refractivity contribution < 1.29 is 14.6 Å². The van der Waals surface area contributed by atoms with Crippen molar-refractivity contribution in [3.8, 4) is 11.5 Å². The molecule has 0 aliphatic rings. The Morgan fingerprint density at radius 1 is 1.08 bits per heavy atom. The fourth-order valence-corrected chi connectivity index (χ4v) is 3.81. The molecule has 0 aliphatic heterocycles. The van der Waals surface area contributed by atoms with Crippen LogP contribution in [0.5, 0.6) is 11.5 Å². The summed E-state index contributed by atoms with van der Waals surface area (Å²) in [4.78, 5) is 31.5. The summed E-state index contributed by atoms with van der Waals surface area (Å²) in [5, 5.41) is 15.0. The van der Waals surface area contributed by atoms with Gasteiger partial charge in [-0.2, -0.15) is 10.1 Å². The van der Waals surface area contributed by atoms with Crippen molar-refractivity contribution >= 4 is 23.3 Å². The number of aliphatic hydroxyl groups is 1. The average molecular weight is 521 g/mol. The summed E-state index contributed by atoms with van der Waals surface area (Å²) in [6, 6.07) is 15.1. The van der Waals surface area contributed by atoms with E-state index in [0.29, 0.717) is 12.4 Å². The van der Waals surface area contributed by atoms with E-state index in [4.69, 9.17) is 9.47 Å². The van der Waals surface area contributed by atoms with Gasteiger partial charge in [0.05, 0.1) is 19.4 Å². The predicted molar refractivity (Wildman–Crippen MR) is 146 cm³/mol. The topological polar surface area (TPSA) is 136 Å². The second-order valence-electron chi connectivity index (χ2n) is 8.79. The van der Waals surface area contributed by atoms with Gasteiger partial charge in [0.25, 0.3) is 5.56 Å². The fourth-order valence-electron chi connectivity index (χ4n) is 3.81. The zero-order chi connectivity index (χ0) is 27.1. The van der Waals surface area contributed by atoms with Gasteiger partial charge in [0, 0.05) is 7.05 Å². The molecule has 4 aromatic rings. The van der Waals surface area contributed by atoms with Crippen LogP contribution in [-0.4, -0.2) is 49.7 Å². The lowest BCUT2D eigenvalue weighted by Gasteiger charge is -2.15. The van der Waals surface area contributed by atoms with Gasteiger partial charge in [0.15, 0.2) is 11.2 Å². The van der Waals surface area contributed by atoms with Crippen LogP contribution >= 0.6 is 0 Å². The molecule has 3 N–H and O–H groups in total. The number of aromatic amines is 1. The number of aliphatic hydroxyl groups excluding tert-OH is 1. The number of H-pyrrole nitrogens is 1. The predicted octanol–water partition coefficient (Wildman–Crippen LogP) is 2.66. The molecule has 11 heteroatoms. The number of hydrogen-bond acceptors (Lipinski definition) is 8. The normalized spacial score (nSPS) is 12.2. The second kappa shape index (κ2) is 12.2. The van der Waals surface area contributed by atoms with Crippen LogP contribution in [0.2, 0.25) is 0 Å². The molecule has 0 fully saturated rings. The maximum atomic E-state index is 12.7. The molecule has 11 nitrogen and oxygen atoms in total. The number of rotatable bonds is 12. The molecule has 4 rings (SSSR count). The minimum absolute atomic E-state index is 0.00995. The Morgan fingerprint density at radius 3 is 2.45 bits per heavy atom. The van der Waals surface area contributed by atoms with Gasteiger partial charge in [-0.05, 0) is 60.4 Å². The number of benzene rings is 2. The van der Waals surface area contributed by atoms with E-state index in [1.807, 2.05) is 55.5 Å². The molecule has 0 radical (unpaired) electrons. The second-order valence-corrected chi connectivity index (χ2v) is 8.79. The van der Waals surface area contributed by atoms with E-state index >= 15 is 0 Å². The molecule has 38 heavy (non-hydrogen) atoms. The van der Waals surface area contributed by atoms with Crippen molar-refractivity contribution in [3.05, 3.63) is 80.5 Å². The Morgan fingerprint density at radius 2 is 1.76 bits per heavy atom.